The molecule has 0 aliphatic heterocycles. The molecule has 6 nitrogen and oxygen atoms in total. The average molecular weight is 372 g/mol. The van der Waals surface area contributed by atoms with Gasteiger partial charge < -0.3 is 10.1 Å². The first-order chi connectivity index (χ1) is 12.2. The Morgan fingerprint density at radius 2 is 1.81 bits per heavy atom. The van der Waals surface area contributed by atoms with Gasteiger partial charge in [-0.3, -0.25) is 10.1 Å². The number of benzene rings is 1. The first-order valence-corrected chi connectivity index (χ1v) is 7.82. The second-order valence-corrected chi connectivity index (χ2v) is 5.22. The van der Waals surface area contributed by atoms with E-state index in [0.29, 0.717) is 12.1 Å². The first-order valence-electron chi connectivity index (χ1n) is 7.82. The Bertz CT molecular complexity index is 655. The van der Waals surface area contributed by atoms with Gasteiger partial charge in [0.15, 0.2) is 6.61 Å². The number of hydrogen-bond donors (Lipinski definition) is 2. The summed E-state index contributed by atoms with van der Waals surface area (Å²) in [5, 5.41) is 4.45. The van der Waals surface area contributed by atoms with Crippen molar-refractivity contribution in [1.29, 1.82) is 0 Å². The fourth-order valence-electron chi connectivity index (χ4n) is 1.72. The number of carbonyl (C=O) groups is 3. The Hall–Kier alpha value is -2.84. The number of imide groups is 1. The number of carbonyl (C=O) groups excluding carboxylic acids is 3. The van der Waals surface area contributed by atoms with Crippen molar-refractivity contribution in [3.05, 3.63) is 41.5 Å². The van der Waals surface area contributed by atoms with Crippen LogP contribution in [0, 0.1) is 0 Å². The summed E-state index contributed by atoms with van der Waals surface area (Å²) < 4.78 is 41.9. The molecule has 0 unspecified atom stereocenters. The molecule has 0 aliphatic carbocycles. The number of urea groups is 1. The first kappa shape index (κ1) is 21.2. The standard InChI is InChI=1S/C17H19F3N2O4/c1-2-3-10-21-16(25)22-14(23)11-26-15(24)9-6-12-4-7-13(8-5-12)17(18,19)20/h4-9H,2-3,10-11H2,1H3,(H2,21,22,23,25)/b9-6+. The number of hydrogen-bond acceptors (Lipinski definition) is 4. The molecule has 0 aliphatic rings. The highest BCUT2D eigenvalue weighted by atomic mass is 19.4. The lowest BCUT2D eigenvalue weighted by Gasteiger charge is -2.06. The molecular formula is C17H19F3N2O4. The molecule has 0 fully saturated rings. The van der Waals surface area contributed by atoms with E-state index in [1.165, 1.54) is 18.2 Å². The number of unbranched alkanes of at least 4 members (excludes halogenated alkanes) is 1. The molecule has 9 heteroatoms. The van der Waals surface area contributed by atoms with E-state index in [0.717, 1.165) is 31.1 Å². The third kappa shape index (κ3) is 8.32. The second-order valence-electron chi connectivity index (χ2n) is 5.22. The Labute approximate surface area is 148 Å². The third-order valence-corrected chi connectivity index (χ3v) is 3.06. The van der Waals surface area contributed by atoms with Crippen LogP contribution in [0.5, 0.6) is 0 Å². The predicted octanol–water partition coefficient (Wildman–Crippen LogP) is 2.89. The molecule has 3 amide bonds. The molecular weight excluding hydrogens is 353 g/mol. The fourth-order valence-corrected chi connectivity index (χ4v) is 1.72. The lowest BCUT2D eigenvalue weighted by Crippen LogP contribution is -2.41. The van der Waals surface area contributed by atoms with E-state index in [2.05, 4.69) is 10.1 Å². The van der Waals surface area contributed by atoms with Gasteiger partial charge in [-0.2, -0.15) is 13.2 Å². The number of ether oxygens (including phenoxy) is 1. The Balaban J connectivity index is 2.38. The van der Waals surface area contributed by atoms with Crippen LogP contribution >= 0.6 is 0 Å². The molecule has 2 N–H and O–H groups in total. The van der Waals surface area contributed by atoms with Gasteiger partial charge in [0.2, 0.25) is 0 Å². The summed E-state index contributed by atoms with van der Waals surface area (Å²) in [6.07, 6.45) is -0.561. The SMILES string of the molecule is CCCCNC(=O)NC(=O)COC(=O)/C=C/c1ccc(C(F)(F)F)cc1. The van der Waals surface area contributed by atoms with Crippen molar-refractivity contribution in [2.24, 2.45) is 0 Å². The van der Waals surface area contributed by atoms with Gasteiger partial charge in [-0.05, 0) is 30.2 Å². The molecule has 0 saturated carbocycles. The zero-order chi connectivity index (χ0) is 19.6. The second kappa shape index (κ2) is 10.2. The maximum absolute atomic E-state index is 12.4. The Morgan fingerprint density at radius 1 is 1.15 bits per heavy atom. The van der Waals surface area contributed by atoms with Gasteiger partial charge in [0.1, 0.15) is 0 Å². The van der Waals surface area contributed by atoms with E-state index < -0.39 is 36.3 Å². The third-order valence-electron chi connectivity index (χ3n) is 3.06. The van der Waals surface area contributed by atoms with E-state index in [4.69, 9.17) is 0 Å². The quantitative estimate of drug-likeness (QED) is 0.438. The van der Waals surface area contributed by atoms with E-state index in [-0.39, 0.29) is 0 Å². The summed E-state index contributed by atoms with van der Waals surface area (Å²) in [6, 6.07) is 3.48. The van der Waals surface area contributed by atoms with Gasteiger partial charge in [-0.15, -0.1) is 0 Å². The molecule has 142 valence electrons. The summed E-state index contributed by atoms with van der Waals surface area (Å²) >= 11 is 0. The van der Waals surface area contributed by atoms with Crippen LogP contribution in [0.15, 0.2) is 30.3 Å². The van der Waals surface area contributed by atoms with Crippen molar-refractivity contribution in [3.8, 4) is 0 Å². The minimum Gasteiger partial charge on any atom is -0.452 e. The van der Waals surface area contributed by atoms with Crippen LogP contribution in [0.1, 0.15) is 30.9 Å². The van der Waals surface area contributed by atoms with Crippen LogP contribution in [-0.2, 0) is 20.5 Å². The summed E-state index contributed by atoms with van der Waals surface area (Å²) in [5.41, 5.74) is -0.444. The van der Waals surface area contributed by atoms with Crippen LogP contribution in [-0.4, -0.2) is 31.1 Å². The lowest BCUT2D eigenvalue weighted by molar-refractivity contribution is -0.143. The van der Waals surface area contributed by atoms with Crippen molar-refractivity contribution >= 4 is 24.0 Å². The molecule has 0 aromatic heterocycles. The predicted molar refractivity (Wildman–Crippen MR) is 87.9 cm³/mol. The fraction of sp³-hybridized carbons (Fsp3) is 0.353. The van der Waals surface area contributed by atoms with Gasteiger partial charge in [0.25, 0.3) is 5.91 Å². The molecule has 1 rings (SSSR count). The summed E-state index contributed by atoms with van der Waals surface area (Å²) in [6.45, 7) is 1.71. The van der Waals surface area contributed by atoms with Gasteiger partial charge in [0, 0.05) is 12.6 Å². The van der Waals surface area contributed by atoms with Crippen LogP contribution in [0.4, 0.5) is 18.0 Å². The van der Waals surface area contributed by atoms with E-state index in [1.54, 1.807) is 0 Å². The van der Waals surface area contributed by atoms with Gasteiger partial charge in [0.05, 0.1) is 5.56 Å². The Kier molecular flexibility index (Phi) is 8.33. The molecule has 1 aromatic carbocycles. The summed E-state index contributed by atoms with van der Waals surface area (Å²) in [4.78, 5) is 34.2. The van der Waals surface area contributed by atoms with Crippen molar-refractivity contribution in [2.75, 3.05) is 13.2 Å². The zero-order valence-corrected chi connectivity index (χ0v) is 14.1. The number of esters is 1. The molecule has 0 radical (unpaired) electrons. The number of nitrogens with one attached hydrogen (secondary N) is 2. The highest BCUT2D eigenvalue weighted by molar-refractivity contribution is 5.96. The number of halogens is 3. The molecule has 0 bridgehead atoms. The summed E-state index contributed by atoms with van der Waals surface area (Å²) in [5.74, 6) is -1.67. The van der Waals surface area contributed by atoms with Crippen LogP contribution in [0.25, 0.3) is 6.08 Å². The van der Waals surface area contributed by atoms with Crippen LogP contribution in [0.2, 0.25) is 0 Å². The normalized spacial score (nSPS) is 11.2. The Morgan fingerprint density at radius 3 is 2.38 bits per heavy atom. The minimum atomic E-state index is -4.43. The van der Waals surface area contributed by atoms with E-state index in [9.17, 15) is 27.6 Å². The van der Waals surface area contributed by atoms with Gasteiger partial charge in [-0.25, -0.2) is 9.59 Å². The monoisotopic (exact) mass is 372 g/mol. The minimum absolute atomic E-state index is 0.356. The largest absolute Gasteiger partial charge is 0.452 e. The number of amides is 3. The van der Waals surface area contributed by atoms with Crippen molar-refractivity contribution in [1.82, 2.24) is 10.6 Å². The number of rotatable bonds is 7. The molecule has 0 atom stereocenters. The summed E-state index contributed by atoms with van der Waals surface area (Å²) in [7, 11) is 0. The maximum Gasteiger partial charge on any atom is 0.416 e. The number of alkyl halides is 3. The van der Waals surface area contributed by atoms with Crippen molar-refractivity contribution < 1.29 is 32.3 Å². The zero-order valence-electron chi connectivity index (χ0n) is 14.1. The maximum atomic E-state index is 12.4. The molecule has 26 heavy (non-hydrogen) atoms. The topological polar surface area (TPSA) is 84.5 Å². The molecule has 0 heterocycles. The van der Waals surface area contributed by atoms with Crippen LogP contribution in [0.3, 0.4) is 0 Å². The molecule has 1 aromatic rings. The van der Waals surface area contributed by atoms with Gasteiger partial charge in [-0.1, -0.05) is 25.5 Å². The molecule has 0 saturated heterocycles. The average Bonchev–Trinajstić information content (AvgIpc) is 2.58. The highest BCUT2D eigenvalue weighted by Gasteiger charge is 2.29. The van der Waals surface area contributed by atoms with Crippen molar-refractivity contribution in [3.63, 3.8) is 0 Å². The van der Waals surface area contributed by atoms with E-state index >= 15 is 0 Å². The van der Waals surface area contributed by atoms with E-state index in [1.807, 2.05) is 12.2 Å². The van der Waals surface area contributed by atoms with Crippen molar-refractivity contribution in [2.45, 2.75) is 25.9 Å². The smallest absolute Gasteiger partial charge is 0.416 e. The lowest BCUT2D eigenvalue weighted by atomic mass is 10.1. The van der Waals surface area contributed by atoms with Crippen LogP contribution < -0.4 is 10.6 Å². The molecule has 0 spiro atoms. The highest BCUT2D eigenvalue weighted by Crippen LogP contribution is 2.29. The van der Waals surface area contributed by atoms with Gasteiger partial charge >= 0.3 is 18.2 Å².